The highest BCUT2D eigenvalue weighted by atomic mass is 15.2. The molecule has 0 atom stereocenters. The summed E-state index contributed by atoms with van der Waals surface area (Å²) in [6.45, 7) is 1.14. The largest absolute Gasteiger partial charge is 0.345 e. The van der Waals surface area contributed by atoms with Crippen molar-refractivity contribution in [1.82, 2.24) is 0 Å². The highest BCUT2D eigenvalue weighted by Crippen LogP contribution is 2.58. The van der Waals surface area contributed by atoms with Crippen molar-refractivity contribution in [3.8, 4) is 22.3 Å². The van der Waals surface area contributed by atoms with Gasteiger partial charge in [-0.1, -0.05) is 134 Å². The second-order valence-corrected chi connectivity index (χ2v) is 16.3. The van der Waals surface area contributed by atoms with Crippen molar-refractivity contribution in [2.24, 2.45) is 0 Å². The van der Waals surface area contributed by atoms with E-state index in [0.29, 0.717) is 0 Å². The normalized spacial score (nSPS) is 17.7. The van der Waals surface area contributed by atoms with Crippen molar-refractivity contribution in [2.75, 3.05) is 16.3 Å². The Labute approximate surface area is 325 Å². The summed E-state index contributed by atoms with van der Waals surface area (Å²) in [6, 6.07) is 50.3. The number of hydrogen-bond acceptors (Lipinski definition) is 2. The van der Waals surface area contributed by atoms with Gasteiger partial charge in [-0.2, -0.15) is 0 Å². The molecule has 2 nitrogen and oxygen atoms in total. The molecule has 1 fully saturated rings. The monoisotopic (exact) mass is 710 g/mol. The molecule has 11 rings (SSSR count). The molecular weight excluding hydrogens is 665 g/mol. The van der Waals surface area contributed by atoms with E-state index in [9.17, 15) is 0 Å². The number of hydrogen-bond donors (Lipinski definition) is 0. The lowest BCUT2D eigenvalue weighted by Crippen LogP contribution is -2.30. The molecule has 2 heteroatoms. The summed E-state index contributed by atoms with van der Waals surface area (Å²) in [6.07, 6.45) is 20.2. The molecule has 268 valence electrons. The molecule has 6 aromatic carbocycles. The van der Waals surface area contributed by atoms with Crippen LogP contribution >= 0.6 is 0 Å². The Morgan fingerprint density at radius 1 is 0.545 bits per heavy atom. The molecule has 0 aromatic heterocycles. The van der Waals surface area contributed by atoms with Crippen LogP contribution in [0.5, 0.6) is 0 Å². The van der Waals surface area contributed by atoms with Crippen LogP contribution in [0.15, 0.2) is 157 Å². The van der Waals surface area contributed by atoms with Crippen LogP contribution < -0.4 is 9.80 Å². The highest BCUT2D eigenvalue weighted by Gasteiger charge is 2.45. The standard InChI is InChI=1S/C53H46N2/c1-4-14-50-41(10-1)13-9-33-54(50)45-28-30-47-46-29-21-38(34-48(46)53(49(47)36-45)31-7-8-32-53)18-17-37-19-22-39(23-20-37)40-24-26-44(27-25-40)55-51-15-5-2-11-42(51)35-43-12-3-6-16-52(43)55/h1-3,5-6,10-12,15-30,34,36H,4,7-9,13-14,31-33,35H2/b18-17+. The summed E-state index contributed by atoms with van der Waals surface area (Å²) in [5.74, 6) is 0. The molecule has 5 aliphatic rings. The summed E-state index contributed by atoms with van der Waals surface area (Å²) in [7, 11) is 0. The summed E-state index contributed by atoms with van der Waals surface area (Å²) in [5.41, 5.74) is 22.1. The molecule has 0 amide bonds. The van der Waals surface area contributed by atoms with Gasteiger partial charge in [-0.05, 0) is 136 Å². The topological polar surface area (TPSA) is 6.48 Å². The summed E-state index contributed by atoms with van der Waals surface area (Å²) < 4.78 is 0. The van der Waals surface area contributed by atoms with Crippen LogP contribution in [-0.2, 0) is 11.8 Å². The SMILES string of the molecule is C1=CC2=C(CC1)N(c1ccc3c(c1)C1(CCCC1)c1cc(/C=C/c4ccc(-c5ccc(N6c7ccccc7Cc7ccccc76)cc5)cc4)ccc1-3)CCC2. The van der Waals surface area contributed by atoms with E-state index in [4.69, 9.17) is 0 Å². The lowest BCUT2D eigenvalue weighted by atomic mass is 9.76. The van der Waals surface area contributed by atoms with Gasteiger partial charge in [0.15, 0.2) is 0 Å². The van der Waals surface area contributed by atoms with Crippen LogP contribution in [0.3, 0.4) is 0 Å². The second-order valence-electron chi connectivity index (χ2n) is 16.3. The van der Waals surface area contributed by atoms with Gasteiger partial charge < -0.3 is 9.80 Å². The molecule has 1 spiro atoms. The third-order valence-electron chi connectivity index (χ3n) is 13.2. The smallest absolute Gasteiger partial charge is 0.0497 e. The Balaban J connectivity index is 0.840. The third-order valence-corrected chi connectivity index (χ3v) is 13.2. The van der Waals surface area contributed by atoms with E-state index in [1.165, 1.54) is 112 Å². The molecule has 2 aliphatic heterocycles. The van der Waals surface area contributed by atoms with Crippen molar-refractivity contribution in [2.45, 2.75) is 63.2 Å². The molecule has 0 saturated heterocycles. The molecule has 6 aromatic rings. The molecular formula is C53H46N2. The Morgan fingerprint density at radius 3 is 1.91 bits per heavy atom. The first kappa shape index (κ1) is 32.6. The van der Waals surface area contributed by atoms with E-state index in [-0.39, 0.29) is 5.41 Å². The van der Waals surface area contributed by atoms with Gasteiger partial charge in [-0.3, -0.25) is 0 Å². The van der Waals surface area contributed by atoms with E-state index >= 15 is 0 Å². The maximum atomic E-state index is 2.65. The summed E-state index contributed by atoms with van der Waals surface area (Å²) in [5, 5.41) is 0. The number of allylic oxidation sites excluding steroid dienone is 4. The van der Waals surface area contributed by atoms with E-state index < -0.39 is 0 Å². The predicted octanol–water partition coefficient (Wildman–Crippen LogP) is 13.9. The van der Waals surface area contributed by atoms with Gasteiger partial charge in [-0.25, -0.2) is 0 Å². The number of benzene rings is 6. The van der Waals surface area contributed by atoms with Crippen molar-refractivity contribution in [3.05, 3.63) is 190 Å². The Hall–Kier alpha value is -5.86. The third kappa shape index (κ3) is 5.45. The molecule has 0 N–H and O–H groups in total. The molecule has 1 saturated carbocycles. The Kier molecular flexibility index (Phi) is 7.79. The van der Waals surface area contributed by atoms with Crippen LogP contribution in [0, 0.1) is 0 Å². The zero-order valence-electron chi connectivity index (χ0n) is 31.5. The average molecular weight is 711 g/mol. The first-order valence-corrected chi connectivity index (χ1v) is 20.5. The van der Waals surface area contributed by atoms with Crippen molar-refractivity contribution in [1.29, 1.82) is 0 Å². The Morgan fingerprint density at radius 2 is 1.16 bits per heavy atom. The molecule has 55 heavy (non-hydrogen) atoms. The van der Waals surface area contributed by atoms with E-state index in [2.05, 4.69) is 168 Å². The quantitative estimate of drug-likeness (QED) is 0.164. The van der Waals surface area contributed by atoms with Crippen LogP contribution in [0.4, 0.5) is 22.7 Å². The fourth-order valence-corrected chi connectivity index (χ4v) is 10.5. The molecule has 0 radical (unpaired) electrons. The fourth-order valence-electron chi connectivity index (χ4n) is 10.5. The number of rotatable bonds is 5. The minimum atomic E-state index is 0.141. The molecule has 0 bridgehead atoms. The van der Waals surface area contributed by atoms with Crippen LogP contribution in [0.1, 0.15) is 84.7 Å². The van der Waals surface area contributed by atoms with Crippen molar-refractivity contribution < 1.29 is 0 Å². The predicted molar refractivity (Wildman–Crippen MR) is 231 cm³/mol. The number of fused-ring (bicyclic) bond motifs is 7. The maximum Gasteiger partial charge on any atom is 0.0497 e. The Bertz CT molecular complexity index is 2500. The molecule has 2 heterocycles. The van der Waals surface area contributed by atoms with Gasteiger partial charge in [0.1, 0.15) is 0 Å². The number of para-hydroxylation sites is 2. The second kappa shape index (κ2) is 13.2. The average Bonchev–Trinajstić information content (AvgIpc) is 3.85. The van der Waals surface area contributed by atoms with Crippen molar-refractivity contribution >= 4 is 34.9 Å². The zero-order chi connectivity index (χ0) is 36.3. The van der Waals surface area contributed by atoms with Gasteiger partial charge in [0, 0.05) is 46.8 Å². The van der Waals surface area contributed by atoms with Crippen LogP contribution in [0.25, 0.3) is 34.4 Å². The minimum absolute atomic E-state index is 0.141. The number of anilines is 4. The first-order valence-electron chi connectivity index (χ1n) is 20.5. The molecule has 0 unspecified atom stereocenters. The van der Waals surface area contributed by atoms with E-state index in [0.717, 1.165) is 19.4 Å². The highest BCUT2D eigenvalue weighted by molar-refractivity contribution is 5.86. The first-order chi connectivity index (χ1) is 27.2. The van der Waals surface area contributed by atoms with Crippen LogP contribution in [0.2, 0.25) is 0 Å². The van der Waals surface area contributed by atoms with Gasteiger partial charge in [0.25, 0.3) is 0 Å². The maximum absolute atomic E-state index is 2.65. The van der Waals surface area contributed by atoms with Gasteiger partial charge in [0.2, 0.25) is 0 Å². The van der Waals surface area contributed by atoms with E-state index in [1.807, 2.05) is 0 Å². The minimum Gasteiger partial charge on any atom is -0.345 e. The number of nitrogens with zero attached hydrogens (tertiary/aromatic N) is 2. The fraction of sp³-hybridized carbons (Fsp3) is 0.208. The summed E-state index contributed by atoms with van der Waals surface area (Å²) >= 11 is 0. The van der Waals surface area contributed by atoms with Gasteiger partial charge in [0.05, 0.1) is 0 Å². The van der Waals surface area contributed by atoms with Crippen LogP contribution in [-0.4, -0.2) is 6.54 Å². The van der Waals surface area contributed by atoms with Crippen molar-refractivity contribution in [3.63, 3.8) is 0 Å². The van der Waals surface area contributed by atoms with E-state index in [1.54, 1.807) is 22.4 Å². The van der Waals surface area contributed by atoms with Gasteiger partial charge >= 0.3 is 0 Å². The van der Waals surface area contributed by atoms with Gasteiger partial charge in [-0.15, -0.1) is 0 Å². The zero-order valence-corrected chi connectivity index (χ0v) is 31.5. The molecule has 3 aliphatic carbocycles. The lowest BCUT2D eigenvalue weighted by Gasteiger charge is -2.36. The summed E-state index contributed by atoms with van der Waals surface area (Å²) in [4.78, 5) is 5.06. The lowest BCUT2D eigenvalue weighted by molar-refractivity contribution is 0.549.